The number of hydrogen-bond donors (Lipinski definition) is 0. The van der Waals surface area contributed by atoms with Gasteiger partial charge in [-0.15, -0.1) is 0 Å². The zero-order chi connectivity index (χ0) is 14.5. The molecule has 3 nitrogen and oxygen atoms in total. The molecule has 20 heavy (non-hydrogen) atoms. The topological polar surface area (TPSA) is 29.5 Å². The van der Waals surface area contributed by atoms with Crippen LogP contribution in [0.1, 0.15) is 25.8 Å². The van der Waals surface area contributed by atoms with E-state index in [0.717, 1.165) is 30.6 Å². The minimum Gasteiger partial charge on any atom is -0.445 e. The molecular weight excluding hydrogens is 250 g/mol. The Morgan fingerprint density at radius 1 is 1.35 bits per heavy atom. The standard InChI is InChI=1S/C17H23NO2/c1-4-15-10-18(11-16(15)13(2)3)17(19)20-12-14-8-6-5-7-9-14/h5-9,15-16H,2,4,10-12H2,1,3H3/t15-,16?/m1/s1. The van der Waals surface area contributed by atoms with Gasteiger partial charge in [0, 0.05) is 19.0 Å². The predicted octanol–water partition coefficient (Wildman–Crippen LogP) is 3.86. The highest BCUT2D eigenvalue weighted by atomic mass is 16.6. The fourth-order valence-electron chi connectivity index (χ4n) is 2.80. The highest BCUT2D eigenvalue weighted by Crippen LogP contribution is 2.31. The fourth-order valence-corrected chi connectivity index (χ4v) is 2.80. The number of nitrogens with zero attached hydrogens (tertiary/aromatic N) is 1. The summed E-state index contributed by atoms with van der Waals surface area (Å²) in [6, 6.07) is 9.77. The number of carbonyl (C=O) groups is 1. The first kappa shape index (κ1) is 14.6. The van der Waals surface area contributed by atoms with Crippen molar-refractivity contribution in [2.75, 3.05) is 13.1 Å². The van der Waals surface area contributed by atoms with E-state index in [2.05, 4.69) is 13.5 Å². The third kappa shape index (κ3) is 3.41. The van der Waals surface area contributed by atoms with Crippen LogP contribution >= 0.6 is 0 Å². The van der Waals surface area contributed by atoms with Gasteiger partial charge >= 0.3 is 6.09 Å². The number of ether oxygens (including phenoxy) is 1. The molecule has 1 amide bonds. The smallest absolute Gasteiger partial charge is 0.410 e. The van der Waals surface area contributed by atoms with Crippen molar-refractivity contribution >= 4 is 6.09 Å². The van der Waals surface area contributed by atoms with Crippen LogP contribution in [-0.4, -0.2) is 24.1 Å². The highest BCUT2D eigenvalue weighted by molar-refractivity contribution is 5.68. The lowest BCUT2D eigenvalue weighted by atomic mass is 9.89. The van der Waals surface area contributed by atoms with Gasteiger partial charge in [-0.2, -0.15) is 0 Å². The van der Waals surface area contributed by atoms with Gasteiger partial charge < -0.3 is 9.64 Å². The van der Waals surface area contributed by atoms with E-state index in [1.807, 2.05) is 42.2 Å². The first-order valence-corrected chi connectivity index (χ1v) is 7.22. The molecule has 1 saturated heterocycles. The van der Waals surface area contributed by atoms with Gasteiger partial charge in [-0.1, -0.05) is 55.8 Å². The molecule has 108 valence electrons. The quantitative estimate of drug-likeness (QED) is 0.780. The minimum absolute atomic E-state index is 0.212. The van der Waals surface area contributed by atoms with E-state index >= 15 is 0 Å². The van der Waals surface area contributed by atoms with Crippen molar-refractivity contribution < 1.29 is 9.53 Å². The maximum Gasteiger partial charge on any atom is 0.410 e. The van der Waals surface area contributed by atoms with Crippen LogP contribution in [0, 0.1) is 11.8 Å². The molecule has 2 atom stereocenters. The largest absolute Gasteiger partial charge is 0.445 e. The first-order valence-electron chi connectivity index (χ1n) is 7.22. The van der Waals surface area contributed by atoms with E-state index in [0.29, 0.717) is 18.4 Å². The van der Waals surface area contributed by atoms with Gasteiger partial charge in [-0.05, 0) is 18.4 Å². The van der Waals surface area contributed by atoms with Crippen molar-refractivity contribution in [2.45, 2.75) is 26.9 Å². The van der Waals surface area contributed by atoms with Gasteiger partial charge in [0.05, 0.1) is 0 Å². The maximum atomic E-state index is 12.1. The molecule has 2 rings (SSSR count). The lowest BCUT2D eigenvalue weighted by Gasteiger charge is -2.16. The molecule has 1 fully saturated rings. The summed E-state index contributed by atoms with van der Waals surface area (Å²) >= 11 is 0. The second kappa shape index (κ2) is 6.60. The van der Waals surface area contributed by atoms with E-state index < -0.39 is 0 Å². The number of rotatable bonds is 4. The summed E-state index contributed by atoms with van der Waals surface area (Å²) in [6.45, 7) is 10.1. The molecule has 0 saturated carbocycles. The Kier molecular flexibility index (Phi) is 4.83. The Morgan fingerprint density at radius 3 is 2.60 bits per heavy atom. The van der Waals surface area contributed by atoms with Gasteiger partial charge in [0.1, 0.15) is 6.61 Å². The van der Waals surface area contributed by atoms with Crippen molar-refractivity contribution in [2.24, 2.45) is 11.8 Å². The van der Waals surface area contributed by atoms with E-state index in [1.165, 1.54) is 0 Å². The molecule has 0 radical (unpaired) electrons. The van der Waals surface area contributed by atoms with Crippen molar-refractivity contribution in [3.8, 4) is 0 Å². The summed E-state index contributed by atoms with van der Waals surface area (Å²) in [7, 11) is 0. The molecule has 1 aliphatic rings. The second-order valence-corrected chi connectivity index (χ2v) is 5.57. The molecule has 3 heteroatoms. The zero-order valence-corrected chi connectivity index (χ0v) is 12.3. The van der Waals surface area contributed by atoms with Gasteiger partial charge in [0.25, 0.3) is 0 Å². The van der Waals surface area contributed by atoms with Crippen LogP contribution in [0.2, 0.25) is 0 Å². The maximum absolute atomic E-state index is 12.1. The zero-order valence-electron chi connectivity index (χ0n) is 12.3. The molecule has 0 N–H and O–H groups in total. The minimum atomic E-state index is -0.212. The van der Waals surface area contributed by atoms with Crippen LogP contribution in [-0.2, 0) is 11.3 Å². The van der Waals surface area contributed by atoms with Crippen molar-refractivity contribution in [1.29, 1.82) is 0 Å². The third-order valence-electron chi connectivity index (χ3n) is 4.06. The van der Waals surface area contributed by atoms with Gasteiger partial charge in [-0.3, -0.25) is 0 Å². The van der Waals surface area contributed by atoms with Crippen LogP contribution < -0.4 is 0 Å². The highest BCUT2D eigenvalue weighted by Gasteiger charge is 2.35. The number of hydrogen-bond acceptors (Lipinski definition) is 2. The van der Waals surface area contributed by atoms with E-state index in [-0.39, 0.29) is 6.09 Å². The molecule has 1 heterocycles. The molecule has 1 aromatic rings. The molecule has 0 bridgehead atoms. The molecule has 1 aliphatic heterocycles. The summed E-state index contributed by atoms with van der Waals surface area (Å²) in [5, 5.41) is 0. The average molecular weight is 273 g/mol. The summed E-state index contributed by atoms with van der Waals surface area (Å²) < 4.78 is 5.39. The number of benzene rings is 1. The lowest BCUT2D eigenvalue weighted by molar-refractivity contribution is 0.102. The SMILES string of the molecule is C=C(C)C1CN(C(=O)OCc2ccccc2)C[C@H]1CC. The van der Waals surface area contributed by atoms with Gasteiger partial charge in [-0.25, -0.2) is 4.79 Å². The molecule has 1 unspecified atom stereocenters. The Hall–Kier alpha value is -1.77. The summed E-state index contributed by atoms with van der Waals surface area (Å²) in [4.78, 5) is 13.9. The van der Waals surface area contributed by atoms with Crippen molar-refractivity contribution in [3.05, 3.63) is 48.0 Å². The van der Waals surface area contributed by atoms with Crippen LogP contribution in [0.15, 0.2) is 42.5 Å². The summed E-state index contributed by atoms with van der Waals surface area (Å²) in [5.74, 6) is 0.918. The molecule has 0 aliphatic carbocycles. The normalized spacial score (nSPS) is 21.8. The van der Waals surface area contributed by atoms with E-state index in [4.69, 9.17) is 4.74 Å². The summed E-state index contributed by atoms with van der Waals surface area (Å²) in [5.41, 5.74) is 2.18. The monoisotopic (exact) mass is 273 g/mol. The third-order valence-corrected chi connectivity index (χ3v) is 4.06. The average Bonchev–Trinajstić information content (AvgIpc) is 2.90. The number of carbonyl (C=O) groups excluding carboxylic acids is 1. The number of likely N-dealkylation sites (tertiary alicyclic amines) is 1. The van der Waals surface area contributed by atoms with Crippen LogP contribution in [0.25, 0.3) is 0 Å². The predicted molar refractivity (Wildman–Crippen MR) is 80.3 cm³/mol. The second-order valence-electron chi connectivity index (χ2n) is 5.57. The van der Waals surface area contributed by atoms with Gasteiger partial charge in [0.2, 0.25) is 0 Å². The fraction of sp³-hybridized carbons (Fsp3) is 0.471. The Morgan fingerprint density at radius 2 is 2.05 bits per heavy atom. The van der Waals surface area contributed by atoms with E-state index in [9.17, 15) is 4.79 Å². The molecular formula is C17H23NO2. The van der Waals surface area contributed by atoms with Crippen molar-refractivity contribution in [3.63, 3.8) is 0 Å². The molecule has 1 aromatic carbocycles. The van der Waals surface area contributed by atoms with Crippen LogP contribution in [0.3, 0.4) is 0 Å². The van der Waals surface area contributed by atoms with Crippen molar-refractivity contribution in [1.82, 2.24) is 4.90 Å². The summed E-state index contributed by atoms with van der Waals surface area (Å²) in [6.07, 6.45) is 0.857. The Labute approximate surface area is 121 Å². The lowest BCUT2D eigenvalue weighted by Crippen LogP contribution is -2.29. The van der Waals surface area contributed by atoms with Crippen LogP contribution in [0.5, 0.6) is 0 Å². The molecule has 0 spiro atoms. The molecule has 0 aromatic heterocycles. The van der Waals surface area contributed by atoms with Gasteiger partial charge in [0.15, 0.2) is 0 Å². The van der Waals surface area contributed by atoms with E-state index in [1.54, 1.807) is 0 Å². The Bertz CT molecular complexity index is 469. The Balaban J connectivity index is 1.89. The van der Waals surface area contributed by atoms with Crippen LogP contribution in [0.4, 0.5) is 4.79 Å². The number of amides is 1. The first-order chi connectivity index (χ1) is 9.61.